The van der Waals surface area contributed by atoms with Crippen LogP contribution in [0.1, 0.15) is 21.5 Å². The Kier molecular flexibility index (Phi) is 3.93. The third-order valence-corrected chi connectivity index (χ3v) is 2.60. The van der Waals surface area contributed by atoms with Crippen LogP contribution in [0.4, 0.5) is 0 Å². The molecule has 0 aliphatic rings. The van der Waals surface area contributed by atoms with E-state index in [-0.39, 0.29) is 5.97 Å². The number of hydrogen-bond acceptors (Lipinski definition) is 2. The van der Waals surface area contributed by atoms with Crippen LogP contribution in [-0.4, -0.2) is 5.97 Å². The standard InChI is InChI=1S/C9H8Br2O2/c1-6-2-3-7(5-10)8(4-6)9(12)13-11/h2-4H,5H2,1H3. The smallest absolute Gasteiger partial charge is 0.349 e. The van der Waals surface area contributed by atoms with Crippen molar-refractivity contribution < 1.29 is 8.62 Å². The first kappa shape index (κ1) is 10.7. The van der Waals surface area contributed by atoms with Gasteiger partial charge < -0.3 is 3.83 Å². The molecule has 1 rings (SSSR count). The zero-order chi connectivity index (χ0) is 9.84. The zero-order valence-corrected chi connectivity index (χ0v) is 10.2. The molecule has 0 heterocycles. The van der Waals surface area contributed by atoms with Crippen LogP contribution in [0.5, 0.6) is 0 Å². The Hall–Kier alpha value is -0.350. The normalized spacial score (nSPS) is 9.77. The second kappa shape index (κ2) is 4.77. The Morgan fingerprint density at radius 3 is 2.77 bits per heavy atom. The second-order valence-corrected chi connectivity index (χ2v) is 3.54. The van der Waals surface area contributed by atoms with Gasteiger partial charge in [-0.05, 0) is 18.6 Å². The highest BCUT2D eigenvalue weighted by atomic mass is 79.9. The average Bonchev–Trinajstić information content (AvgIpc) is 2.16. The summed E-state index contributed by atoms with van der Waals surface area (Å²) in [7, 11) is 0. The lowest BCUT2D eigenvalue weighted by Crippen LogP contribution is -2.02. The van der Waals surface area contributed by atoms with Gasteiger partial charge in [-0.3, -0.25) is 0 Å². The molecular weight excluding hydrogens is 300 g/mol. The number of hydrogen-bond donors (Lipinski definition) is 0. The van der Waals surface area contributed by atoms with Crippen LogP contribution in [0.15, 0.2) is 18.2 Å². The maximum atomic E-state index is 11.3. The minimum Gasteiger partial charge on any atom is -0.380 e. The van der Waals surface area contributed by atoms with Crippen molar-refractivity contribution in [2.45, 2.75) is 12.3 Å². The maximum absolute atomic E-state index is 11.3. The van der Waals surface area contributed by atoms with Crippen molar-refractivity contribution in [2.75, 3.05) is 0 Å². The van der Waals surface area contributed by atoms with Gasteiger partial charge in [-0.25, -0.2) is 4.79 Å². The lowest BCUT2D eigenvalue weighted by molar-refractivity contribution is 0.0781. The van der Waals surface area contributed by atoms with E-state index in [9.17, 15) is 4.79 Å². The molecular formula is C9H8Br2O2. The molecule has 0 amide bonds. The molecule has 0 N–H and O–H groups in total. The van der Waals surface area contributed by atoms with Gasteiger partial charge >= 0.3 is 5.97 Å². The summed E-state index contributed by atoms with van der Waals surface area (Å²) in [6, 6.07) is 5.67. The highest BCUT2D eigenvalue weighted by Crippen LogP contribution is 2.16. The van der Waals surface area contributed by atoms with Gasteiger partial charge in [-0.15, -0.1) is 0 Å². The number of halogens is 2. The van der Waals surface area contributed by atoms with Crippen molar-refractivity contribution in [1.29, 1.82) is 0 Å². The predicted molar refractivity (Wildman–Crippen MR) is 58.2 cm³/mol. The summed E-state index contributed by atoms with van der Waals surface area (Å²) < 4.78 is 4.49. The fourth-order valence-corrected chi connectivity index (χ4v) is 1.70. The summed E-state index contributed by atoms with van der Waals surface area (Å²) in [6.45, 7) is 1.93. The summed E-state index contributed by atoms with van der Waals surface area (Å²) >= 11 is 5.98. The van der Waals surface area contributed by atoms with E-state index in [0.29, 0.717) is 10.9 Å². The third-order valence-electron chi connectivity index (χ3n) is 1.70. The summed E-state index contributed by atoms with van der Waals surface area (Å²) in [5.74, 6) is -0.363. The van der Waals surface area contributed by atoms with Gasteiger partial charge in [-0.1, -0.05) is 33.6 Å². The molecule has 13 heavy (non-hydrogen) atoms. The van der Waals surface area contributed by atoms with Crippen molar-refractivity contribution in [2.24, 2.45) is 0 Å². The fourth-order valence-electron chi connectivity index (χ4n) is 1.04. The molecule has 0 saturated heterocycles. The Morgan fingerprint density at radius 1 is 1.54 bits per heavy atom. The quantitative estimate of drug-likeness (QED) is 0.783. The first-order valence-corrected chi connectivity index (χ1v) is 5.44. The molecule has 0 aliphatic carbocycles. The summed E-state index contributed by atoms with van der Waals surface area (Å²) in [4.78, 5) is 11.3. The highest BCUT2D eigenvalue weighted by molar-refractivity contribution is 9.08. The molecule has 1 aromatic carbocycles. The largest absolute Gasteiger partial charge is 0.380 e. The van der Waals surface area contributed by atoms with E-state index in [1.54, 1.807) is 6.07 Å². The van der Waals surface area contributed by atoms with Crippen molar-refractivity contribution >= 4 is 38.2 Å². The summed E-state index contributed by atoms with van der Waals surface area (Å²) in [5.41, 5.74) is 2.56. The van der Waals surface area contributed by atoms with E-state index < -0.39 is 0 Å². The van der Waals surface area contributed by atoms with E-state index in [0.717, 1.165) is 11.1 Å². The monoisotopic (exact) mass is 306 g/mol. The zero-order valence-electron chi connectivity index (χ0n) is 7.01. The molecule has 0 spiro atoms. The fraction of sp³-hybridized carbons (Fsp3) is 0.222. The molecule has 0 saturated carbocycles. The first-order chi connectivity index (χ1) is 6.19. The van der Waals surface area contributed by atoms with Crippen LogP contribution in [-0.2, 0) is 9.16 Å². The molecule has 0 unspecified atom stereocenters. The number of carbonyl (C=O) groups excluding carboxylic acids is 1. The van der Waals surface area contributed by atoms with Gasteiger partial charge in [0, 0.05) is 5.33 Å². The number of carbonyl (C=O) groups is 1. The molecule has 1 aromatic rings. The third kappa shape index (κ3) is 2.54. The SMILES string of the molecule is Cc1ccc(CBr)c(C(=O)OBr)c1. The molecule has 70 valence electrons. The molecule has 0 fully saturated rings. The Labute approximate surface area is 93.9 Å². The second-order valence-electron chi connectivity index (χ2n) is 2.66. The number of alkyl halides is 1. The maximum Gasteiger partial charge on any atom is 0.349 e. The van der Waals surface area contributed by atoms with Gasteiger partial charge in [0.05, 0.1) is 5.56 Å². The Bertz CT molecular complexity index is 323. The molecule has 0 aromatic heterocycles. The molecule has 0 aliphatic heterocycles. The topological polar surface area (TPSA) is 26.3 Å². The van der Waals surface area contributed by atoms with Crippen LogP contribution >= 0.6 is 32.2 Å². The van der Waals surface area contributed by atoms with E-state index >= 15 is 0 Å². The minimum absolute atomic E-state index is 0.363. The van der Waals surface area contributed by atoms with Crippen molar-refractivity contribution in [3.8, 4) is 0 Å². The van der Waals surface area contributed by atoms with Crippen molar-refractivity contribution in [1.82, 2.24) is 0 Å². The number of benzene rings is 1. The van der Waals surface area contributed by atoms with Crippen LogP contribution < -0.4 is 0 Å². The molecule has 0 bridgehead atoms. The number of aryl methyl sites for hydroxylation is 1. The lowest BCUT2D eigenvalue weighted by Gasteiger charge is -2.04. The van der Waals surface area contributed by atoms with E-state index in [4.69, 9.17) is 0 Å². The van der Waals surface area contributed by atoms with E-state index in [1.165, 1.54) is 0 Å². The highest BCUT2D eigenvalue weighted by Gasteiger charge is 2.11. The van der Waals surface area contributed by atoms with Crippen LogP contribution in [0.2, 0.25) is 0 Å². The molecule has 4 heteroatoms. The van der Waals surface area contributed by atoms with Crippen LogP contribution in [0.25, 0.3) is 0 Å². The minimum atomic E-state index is -0.363. The van der Waals surface area contributed by atoms with Crippen LogP contribution in [0, 0.1) is 6.92 Å². The van der Waals surface area contributed by atoms with Crippen molar-refractivity contribution in [3.63, 3.8) is 0 Å². The van der Waals surface area contributed by atoms with Gasteiger partial charge in [0.25, 0.3) is 0 Å². The molecule has 0 radical (unpaired) electrons. The first-order valence-electron chi connectivity index (χ1n) is 3.67. The molecule has 2 nitrogen and oxygen atoms in total. The summed E-state index contributed by atoms with van der Waals surface area (Å²) in [5, 5.41) is 0.644. The van der Waals surface area contributed by atoms with Gasteiger partial charge in [-0.2, -0.15) is 0 Å². The van der Waals surface area contributed by atoms with Crippen molar-refractivity contribution in [3.05, 3.63) is 34.9 Å². The van der Waals surface area contributed by atoms with Gasteiger partial charge in [0.1, 0.15) is 0 Å². The predicted octanol–water partition coefficient (Wildman–Crippen LogP) is 3.36. The average molecular weight is 308 g/mol. The Balaban J connectivity index is 3.15. The van der Waals surface area contributed by atoms with Gasteiger partial charge in [0.2, 0.25) is 0 Å². The van der Waals surface area contributed by atoms with Gasteiger partial charge in [0.15, 0.2) is 16.3 Å². The van der Waals surface area contributed by atoms with Crippen LogP contribution in [0.3, 0.4) is 0 Å². The van der Waals surface area contributed by atoms with E-state index in [1.807, 2.05) is 19.1 Å². The Morgan fingerprint density at radius 2 is 2.23 bits per heavy atom. The lowest BCUT2D eigenvalue weighted by atomic mass is 10.1. The van der Waals surface area contributed by atoms with E-state index in [2.05, 4.69) is 36.0 Å². The summed E-state index contributed by atoms with van der Waals surface area (Å²) in [6.07, 6.45) is 0. The molecule has 0 atom stereocenters. The number of rotatable bonds is 2.